The summed E-state index contributed by atoms with van der Waals surface area (Å²) >= 11 is 5.71. The molecular weight excluding hydrogens is 229 g/mol. The van der Waals surface area contributed by atoms with Crippen molar-refractivity contribution in [1.29, 1.82) is 0 Å². The maximum absolute atomic E-state index is 13.0. The zero-order valence-corrected chi connectivity index (χ0v) is 9.50. The van der Waals surface area contributed by atoms with Crippen LogP contribution in [0.1, 0.15) is 18.9 Å². The second kappa shape index (κ2) is 4.22. The van der Waals surface area contributed by atoms with Crippen molar-refractivity contribution >= 4 is 23.1 Å². The molecule has 1 heterocycles. The first-order valence-electron chi connectivity index (χ1n) is 4.93. The summed E-state index contributed by atoms with van der Waals surface area (Å²) in [5.74, 6) is 0.242. The van der Waals surface area contributed by atoms with Crippen LogP contribution in [-0.2, 0) is 0 Å². The van der Waals surface area contributed by atoms with Gasteiger partial charge in [-0.1, -0.05) is 24.6 Å². The Morgan fingerprint density at radius 3 is 2.81 bits per heavy atom. The Hall–Kier alpha value is -1.42. The summed E-state index contributed by atoms with van der Waals surface area (Å²) < 4.78 is 13.0. The van der Waals surface area contributed by atoms with Crippen LogP contribution in [0.4, 0.5) is 4.39 Å². The van der Waals surface area contributed by atoms with E-state index in [1.807, 2.05) is 6.92 Å². The first-order valence-corrected chi connectivity index (χ1v) is 5.31. The quantitative estimate of drug-likeness (QED) is 0.805. The molecule has 0 saturated heterocycles. The highest BCUT2D eigenvalue weighted by Crippen LogP contribution is 2.20. The van der Waals surface area contributed by atoms with Gasteiger partial charge in [-0.05, 0) is 17.7 Å². The van der Waals surface area contributed by atoms with Gasteiger partial charge in [0.25, 0.3) is 0 Å². The number of nitrogens with zero attached hydrogens (tertiary/aromatic N) is 2. The van der Waals surface area contributed by atoms with E-state index in [1.165, 1.54) is 6.07 Å². The lowest BCUT2D eigenvalue weighted by molar-refractivity contribution is 0.628. The molecular formula is C11H11ClFN3. The molecule has 1 unspecified atom stereocenters. The second-order valence-electron chi connectivity index (χ2n) is 3.81. The number of hydrogen-bond donors (Lipinski definition) is 1. The Morgan fingerprint density at radius 2 is 2.19 bits per heavy atom. The van der Waals surface area contributed by atoms with Gasteiger partial charge in [-0.25, -0.2) is 4.39 Å². The van der Waals surface area contributed by atoms with Crippen LogP contribution in [-0.4, -0.2) is 11.5 Å². The topological polar surface area (TPSA) is 50.7 Å². The van der Waals surface area contributed by atoms with Crippen LogP contribution >= 0.6 is 11.6 Å². The predicted molar refractivity (Wildman–Crippen MR) is 63.4 cm³/mol. The fourth-order valence-electron chi connectivity index (χ4n) is 1.50. The third kappa shape index (κ3) is 2.07. The van der Waals surface area contributed by atoms with E-state index in [0.29, 0.717) is 12.3 Å². The highest BCUT2D eigenvalue weighted by Gasteiger charge is 2.17. The van der Waals surface area contributed by atoms with Crippen molar-refractivity contribution in [1.82, 2.24) is 0 Å². The van der Waals surface area contributed by atoms with Gasteiger partial charge in [0.1, 0.15) is 11.7 Å². The van der Waals surface area contributed by atoms with Gasteiger partial charge in [-0.2, -0.15) is 5.10 Å². The van der Waals surface area contributed by atoms with Crippen LogP contribution in [0.5, 0.6) is 0 Å². The number of halogens is 2. The van der Waals surface area contributed by atoms with Crippen molar-refractivity contribution in [3.63, 3.8) is 0 Å². The van der Waals surface area contributed by atoms with Crippen molar-refractivity contribution in [2.24, 2.45) is 21.9 Å². The van der Waals surface area contributed by atoms with Gasteiger partial charge in [0.15, 0.2) is 0 Å². The van der Waals surface area contributed by atoms with Gasteiger partial charge < -0.3 is 5.73 Å². The van der Waals surface area contributed by atoms with Crippen molar-refractivity contribution in [3.05, 3.63) is 34.6 Å². The number of benzene rings is 1. The first kappa shape index (κ1) is 11.1. The van der Waals surface area contributed by atoms with Crippen molar-refractivity contribution in [3.8, 4) is 0 Å². The van der Waals surface area contributed by atoms with E-state index < -0.39 is 5.82 Å². The molecule has 5 heteroatoms. The molecule has 1 aromatic rings. The monoisotopic (exact) mass is 239 g/mol. The van der Waals surface area contributed by atoms with Crippen molar-refractivity contribution in [2.75, 3.05) is 0 Å². The Bertz CT molecular complexity index is 482. The largest absolute Gasteiger partial charge is 0.385 e. The van der Waals surface area contributed by atoms with Crippen LogP contribution in [0, 0.1) is 11.7 Å². The normalized spacial score (nSPS) is 20.3. The van der Waals surface area contributed by atoms with Gasteiger partial charge in [0.2, 0.25) is 0 Å². The molecule has 3 nitrogen and oxygen atoms in total. The Balaban J connectivity index is 2.35. The summed E-state index contributed by atoms with van der Waals surface area (Å²) in [4.78, 5) is 0. The van der Waals surface area contributed by atoms with Crippen molar-refractivity contribution < 1.29 is 4.39 Å². The van der Waals surface area contributed by atoms with Crippen LogP contribution in [0.25, 0.3) is 0 Å². The number of amidine groups is 1. The zero-order valence-electron chi connectivity index (χ0n) is 8.74. The maximum Gasteiger partial charge on any atom is 0.141 e. The van der Waals surface area contributed by atoms with E-state index in [-0.39, 0.29) is 10.9 Å². The zero-order chi connectivity index (χ0) is 11.7. The number of nitrogens with two attached hydrogens (primary N) is 1. The van der Waals surface area contributed by atoms with E-state index in [9.17, 15) is 4.39 Å². The summed E-state index contributed by atoms with van der Waals surface area (Å²) in [7, 11) is 0. The van der Waals surface area contributed by atoms with Crippen LogP contribution < -0.4 is 5.73 Å². The second-order valence-corrected chi connectivity index (χ2v) is 4.21. The van der Waals surface area contributed by atoms with E-state index in [2.05, 4.69) is 10.2 Å². The molecule has 0 aromatic heterocycles. The lowest BCUT2D eigenvalue weighted by Gasteiger charge is -2.16. The number of rotatable bonds is 1. The average molecular weight is 240 g/mol. The SMILES string of the molecule is CC1CC(c2ccc(F)c(Cl)c2)=NN=C1N. The van der Waals surface area contributed by atoms with Crippen LogP contribution in [0.2, 0.25) is 5.02 Å². The van der Waals surface area contributed by atoms with E-state index >= 15 is 0 Å². The van der Waals surface area contributed by atoms with Gasteiger partial charge in [0, 0.05) is 12.3 Å². The molecule has 1 aliphatic rings. The predicted octanol–water partition coefficient (Wildman–Crippen LogP) is 2.58. The summed E-state index contributed by atoms with van der Waals surface area (Å²) in [6.45, 7) is 1.97. The molecule has 1 aliphatic heterocycles. The van der Waals surface area contributed by atoms with E-state index in [0.717, 1.165) is 11.3 Å². The third-order valence-corrected chi connectivity index (χ3v) is 2.83. The molecule has 0 saturated carbocycles. The van der Waals surface area contributed by atoms with E-state index in [4.69, 9.17) is 17.3 Å². The highest BCUT2D eigenvalue weighted by molar-refractivity contribution is 6.31. The van der Waals surface area contributed by atoms with Crippen molar-refractivity contribution in [2.45, 2.75) is 13.3 Å². The van der Waals surface area contributed by atoms with Gasteiger partial charge in [-0.3, -0.25) is 0 Å². The summed E-state index contributed by atoms with van der Waals surface area (Å²) in [6, 6.07) is 4.52. The van der Waals surface area contributed by atoms with Crippen LogP contribution in [0.15, 0.2) is 28.4 Å². The number of hydrogen-bond acceptors (Lipinski definition) is 3. The fourth-order valence-corrected chi connectivity index (χ4v) is 1.68. The molecule has 2 N–H and O–H groups in total. The minimum absolute atomic E-state index is 0.0929. The van der Waals surface area contributed by atoms with Gasteiger partial charge >= 0.3 is 0 Å². The Kier molecular flexibility index (Phi) is 2.92. The fraction of sp³-hybridized carbons (Fsp3) is 0.273. The maximum atomic E-state index is 13.0. The summed E-state index contributed by atoms with van der Waals surface area (Å²) in [6.07, 6.45) is 0.692. The molecule has 1 atom stereocenters. The third-order valence-electron chi connectivity index (χ3n) is 2.54. The average Bonchev–Trinajstić information content (AvgIpc) is 2.26. The molecule has 0 spiro atoms. The molecule has 16 heavy (non-hydrogen) atoms. The molecule has 0 amide bonds. The molecule has 0 bridgehead atoms. The van der Waals surface area contributed by atoms with Crippen LogP contribution in [0.3, 0.4) is 0 Å². The Labute approximate surface area is 97.8 Å². The van der Waals surface area contributed by atoms with Gasteiger partial charge in [-0.15, -0.1) is 5.10 Å². The molecule has 0 fully saturated rings. The highest BCUT2D eigenvalue weighted by atomic mass is 35.5. The summed E-state index contributed by atoms with van der Waals surface area (Å²) in [5, 5.41) is 7.96. The molecule has 84 valence electrons. The Morgan fingerprint density at radius 1 is 1.44 bits per heavy atom. The standard InChI is InChI=1S/C11H11ClFN3/c1-6-4-10(15-16-11(6)14)7-2-3-9(13)8(12)5-7/h2-3,5-6H,4H2,1H3,(H2,14,16). The lowest BCUT2D eigenvalue weighted by atomic mass is 9.97. The first-order chi connectivity index (χ1) is 7.58. The molecule has 0 radical (unpaired) electrons. The minimum atomic E-state index is -0.433. The molecule has 1 aromatic carbocycles. The molecule has 2 rings (SSSR count). The molecule has 0 aliphatic carbocycles. The summed E-state index contributed by atoms with van der Waals surface area (Å²) in [5.41, 5.74) is 7.20. The van der Waals surface area contributed by atoms with Gasteiger partial charge in [0.05, 0.1) is 10.7 Å². The smallest absolute Gasteiger partial charge is 0.141 e. The minimum Gasteiger partial charge on any atom is -0.385 e. The van der Waals surface area contributed by atoms with E-state index in [1.54, 1.807) is 12.1 Å². The lowest BCUT2D eigenvalue weighted by Crippen LogP contribution is -2.26.